The predicted molar refractivity (Wildman–Crippen MR) is 71.2 cm³/mol. The molecular weight excluding hydrogens is 246 g/mol. The highest BCUT2D eigenvalue weighted by atomic mass is 16.5. The molecule has 1 aromatic carbocycles. The average molecular weight is 265 g/mol. The number of ether oxygens (including phenoxy) is 1. The van der Waals surface area contributed by atoms with E-state index in [9.17, 15) is 9.59 Å². The molecule has 0 saturated carbocycles. The van der Waals surface area contributed by atoms with Gasteiger partial charge < -0.3 is 15.2 Å². The van der Waals surface area contributed by atoms with Gasteiger partial charge in [-0.1, -0.05) is 12.1 Å². The zero-order chi connectivity index (χ0) is 14.1. The molecule has 1 amide bonds. The molecule has 0 bridgehead atoms. The van der Waals surface area contributed by atoms with E-state index in [0.717, 1.165) is 11.3 Å². The lowest BCUT2D eigenvalue weighted by molar-refractivity contribution is -0.138. The van der Waals surface area contributed by atoms with E-state index < -0.39 is 5.97 Å². The first-order valence-corrected chi connectivity index (χ1v) is 6.32. The first-order chi connectivity index (χ1) is 9.11. The summed E-state index contributed by atoms with van der Waals surface area (Å²) in [6.45, 7) is 3.08. The molecule has 0 atom stereocenters. The summed E-state index contributed by atoms with van der Waals surface area (Å²) in [4.78, 5) is 21.6. The molecule has 1 rings (SSSR count). The molecule has 0 heterocycles. The molecule has 0 unspecified atom stereocenters. The standard InChI is InChI=1S/C14H19NO4/c1-2-19-12-5-3-11(4-6-12)9-10-15-13(16)7-8-14(17)18/h3-6H,2,7-10H2,1H3,(H,15,16)(H,17,18). The molecule has 0 fully saturated rings. The third-order valence-electron chi connectivity index (χ3n) is 2.54. The lowest BCUT2D eigenvalue weighted by Gasteiger charge is -2.06. The summed E-state index contributed by atoms with van der Waals surface area (Å²) in [5.74, 6) is -0.355. The Hall–Kier alpha value is -2.04. The molecule has 104 valence electrons. The Labute approximate surface area is 112 Å². The van der Waals surface area contributed by atoms with Crippen LogP contribution in [0.1, 0.15) is 25.3 Å². The van der Waals surface area contributed by atoms with E-state index in [2.05, 4.69) is 5.32 Å². The van der Waals surface area contributed by atoms with Gasteiger partial charge in [0.15, 0.2) is 0 Å². The maximum Gasteiger partial charge on any atom is 0.303 e. The summed E-state index contributed by atoms with van der Waals surface area (Å²) < 4.78 is 5.33. The minimum absolute atomic E-state index is 0.0264. The first-order valence-electron chi connectivity index (χ1n) is 6.32. The van der Waals surface area contributed by atoms with Gasteiger partial charge in [-0.3, -0.25) is 9.59 Å². The van der Waals surface area contributed by atoms with Gasteiger partial charge in [-0.15, -0.1) is 0 Å². The number of hydrogen-bond acceptors (Lipinski definition) is 3. The fraction of sp³-hybridized carbons (Fsp3) is 0.429. The van der Waals surface area contributed by atoms with Crippen molar-refractivity contribution in [3.63, 3.8) is 0 Å². The summed E-state index contributed by atoms with van der Waals surface area (Å²) in [5, 5.41) is 11.1. The molecule has 0 aromatic heterocycles. The van der Waals surface area contributed by atoms with Gasteiger partial charge in [0.1, 0.15) is 5.75 Å². The Balaban J connectivity index is 2.25. The van der Waals surface area contributed by atoms with Crippen LogP contribution in [0.15, 0.2) is 24.3 Å². The number of nitrogens with one attached hydrogen (secondary N) is 1. The number of carboxylic acid groups (broad SMARTS) is 1. The molecule has 0 aliphatic rings. The van der Waals surface area contributed by atoms with E-state index in [1.807, 2.05) is 31.2 Å². The Morgan fingerprint density at radius 1 is 1.21 bits per heavy atom. The van der Waals surface area contributed by atoms with E-state index >= 15 is 0 Å². The van der Waals surface area contributed by atoms with Gasteiger partial charge in [0.05, 0.1) is 13.0 Å². The second kappa shape index (κ2) is 8.13. The number of carbonyl (C=O) groups is 2. The average Bonchev–Trinajstić information content (AvgIpc) is 2.39. The molecule has 0 aliphatic carbocycles. The number of aliphatic carboxylic acids is 1. The van der Waals surface area contributed by atoms with Crippen LogP contribution < -0.4 is 10.1 Å². The number of amides is 1. The maximum atomic E-state index is 11.3. The highest BCUT2D eigenvalue weighted by Gasteiger charge is 2.04. The second-order valence-corrected chi connectivity index (χ2v) is 4.07. The van der Waals surface area contributed by atoms with E-state index in [1.165, 1.54) is 0 Å². The zero-order valence-corrected chi connectivity index (χ0v) is 11.0. The van der Waals surface area contributed by atoms with Crippen molar-refractivity contribution in [1.82, 2.24) is 5.32 Å². The minimum atomic E-state index is -0.957. The predicted octanol–water partition coefficient (Wildman–Crippen LogP) is 1.61. The van der Waals surface area contributed by atoms with Crippen molar-refractivity contribution in [2.45, 2.75) is 26.2 Å². The zero-order valence-electron chi connectivity index (χ0n) is 11.0. The highest BCUT2D eigenvalue weighted by molar-refractivity contribution is 5.80. The molecule has 0 saturated heterocycles. The van der Waals surface area contributed by atoms with Gasteiger partial charge >= 0.3 is 5.97 Å². The fourth-order valence-corrected chi connectivity index (χ4v) is 1.57. The van der Waals surface area contributed by atoms with Crippen LogP contribution in [0.4, 0.5) is 0 Å². The van der Waals surface area contributed by atoms with Gasteiger partial charge in [-0.25, -0.2) is 0 Å². The summed E-state index contributed by atoms with van der Waals surface area (Å²) in [6.07, 6.45) is 0.610. The van der Waals surface area contributed by atoms with E-state index in [1.54, 1.807) is 0 Å². The quantitative estimate of drug-likeness (QED) is 0.748. The van der Waals surface area contributed by atoms with Crippen molar-refractivity contribution >= 4 is 11.9 Å². The monoisotopic (exact) mass is 265 g/mol. The van der Waals surface area contributed by atoms with Crippen molar-refractivity contribution in [1.29, 1.82) is 0 Å². The molecule has 2 N–H and O–H groups in total. The Morgan fingerprint density at radius 3 is 2.47 bits per heavy atom. The lowest BCUT2D eigenvalue weighted by atomic mass is 10.1. The normalized spacial score (nSPS) is 9.95. The van der Waals surface area contributed by atoms with Gasteiger partial charge in [0, 0.05) is 13.0 Å². The molecule has 0 aliphatic heterocycles. The third-order valence-corrected chi connectivity index (χ3v) is 2.54. The number of carboxylic acids is 1. The number of hydrogen-bond donors (Lipinski definition) is 2. The topological polar surface area (TPSA) is 75.6 Å². The first kappa shape index (κ1) is 15.0. The Kier molecular flexibility index (Phi) is 6.43. The van der Waals surface area contributed by atoms with Gasteiger partial charge in [0.25, 0.3) is 0 Å². The lowest BCUT2D eigenvalue weighted by Crippen LogP contribution is -2.25. The molecule has 19 heavy (non-hydrogen) atoms. The Bertz CT molecular complexity index is 414. The summed E-state index contributed by atoms with van der Waals surface area (Å²) in [6, 6.07) is 7.69. The van der Waals surface area contributed by atoms with Crippen LogP contribution in [0.25, 0.3) is 0 Å². The molecule has 0 radical (unpaired) electrons. The highest BCUT2D eigenvalue weighted by Crippen LogP contribution is 2.12. The van der Waals surface area contributed by atoms with Crippen molar-refractivity contribution in [3.8, 4) is 5.75 Å². The van der Waals surface area contributed by atoms with Crippen LogP contribution in [0.2, 0.25) is 0 Å². The third kappa shape index (κ3) is 6.45. The SMILES string of the molecule is CCOc1ccc(CCNC(=O)CCC(=O)O)cc1. The number of carbonyl (C=O) groups excluding carboxylic acids is 1. The Morgan fingerprint density at radius 2 is 1.89 bits per heavy atom. The van der Waals surface area contributed by atoms with Crippen molar-refractivity contribution < 1.29 is 19.4 Å². The second-order valence-electron chi connectivity index (χ2n) is 4.07. The smallest absolute Gasteiger partial charge is 0.303 e. The van der Waals surface area contributed by atoms with Gasteiger partial charge in [0.2, 0.25) is 5.91 Å². The largest absolute Gasteiger partial charge is 0.494 e. The summed E-state index contributed by atoms with van der Waals surface area (Å²) in [5.41, 5.74) is 1.10. The molecule has 1 aromatic rings. The number of benzene rings is 1. The summed E-state index contributed by atoms with van der Waals surface area (Å²) in [7, 11) is 0. The van der Waals surface area contributed by atoms with Crippen LogP contribution in [0.3, 0.4) is 0 Å². The van der Waals surface area contributed by atoms with E-state index in [-0.39, 0.29) is 18.7 Å². The number of rotatable bonds is 8. The van der Waals surface area contributed by atoms with Crippen molar-refractivity contribution in [3.05, 3.63) is 29.8 Å². The van der Waals surface area contributed by atoms with Crippen LogP contribution in [0.5, 0.6) is 5.75 Å². The van der Waals surface area contributed by atoms with Crippen molar-refractivity contribution in [2.75, 3.05) is 13.2 Å². The fourth-order valence-electron chi connectivity index (χ4n) is 1.57. The maximum absolute atomic E-state index is 11.3. The molecule has 0 spiro atoms. The minimum Gasteiger partial charge on any atom is -0.494 e. The molecular formula is C14H19NO4. The molecule has 5 nitrogen and oxygen atoms in total. The van der Waals surface area contributed by atoms with E-state index in [4.69, 9.17) is 9.84 Å². The van der Waals surface area contributed by atoms with Crippen LogP contribution in [0, 0.1) is 0 Å². The van der Waals surface area contributed by atoms with E-state index in [0.29, 0.717) is 19.6 Å². The van der Waals surface area contributed by atoms with Crippen molar-refractivity contribution in [2.24, 2.45) is 0 Å². The van der Waals surface area contributed by atoms with Gasteiger partial charge in [-0.05, 0) is 31.0 Å². The van der Waals surface area contributed by atoms with Gasteiger partial charge in [-0.2, -0.15) is 0 Å². The van der Waals surface area contributed by atoms with Crippen LogP contribution in [-0.4, -0.2) is 30.1 Å². The molecule has 5 heteroatoms. The van der Waals surface area contributed by atoms with Crippen LogP contribution in [-0.2, 0) is 16.0 Å². The summed E-state index contributed by atoms with van der Waals surface area (Å²) >= 11 is 0. The van der Waals surface area contributed by atoms with Crippen LogP contribution >= 0.6 is 0 Å².